The number of benzene rings is 1. The van der Waals surface area contributed by atoms with Crippen LogP contribution in [-0.4, -0.2) is 5.96 Å². The SMILES string of the molecule is CCCc1ccc(N=C(N)N)cc1. The first-order valence-corrected chi connectivity index (χ1v) is 4.41. The summed E-state index contributed by atoms with van der Waals surface area (Å²) in [6, 6.07) is 7.94. The Kier molecular flexibility index (Phi) is 3.31. The summed E-state index contributed by atoms with van der Waals surface area (Å²) < 4.78 is 0. The number of nitrogens with zero attached hydrogens (tertiary/aromatic N) is 1. The quantitative estimate of drug-likeness (QED) is 0.543. The Labute approximate surface area is 78.5 Å². The Hall–Kier alpha value is -1.51. The van der Waals surface area contributed by atoms with Gasteiger partial charge in [0.05, 0.1) is 5.69 Å². The van der Waals surface area contributed by atoms with Gasteiger partial charge in [-0.25, -0.2) is 4.99 Å². The molecule has 0 atom stereocenters. The molecule has 0 unspecified atom stereocenters. The molecule has 3 heteroatoms. The van der Waals surface area contributed by atoms with E-state index in [2.05, 4.69) is 11.9 Å². The van der Waals surface area contributed by atoms with E-state index in [4.69, 9.17) is 11.5 Å². The molecule has 0 aliphatic carbocycles. The van der Waals surface area contributed by atoms with Gasteiger partial charge in [0.25, 0.3) is 0 Å². The molecule has 0 heterocycles. The zero-order valence-corrected chi connectivity index (χ0v) is 7.83. The number of aryl methyl sites for hydroxylation is 1. The maximum atomic E-state index is 5.25. The standard InChI is InChI=1S/C10H15N3/c1-2-3-8-4-6-9(7-5-8)13-10(11)12/h4-7H,2-3H2,1H3,(H4,11,12,13). The van der Waals surface area contributed by atoms with Crippen LogP contribution in [0.3, 0.4) is 0 Å². The molecule has 1 aromatic rings. The van der Waals surface area contributed by atoms with E-state index in [1.807, 2.05) is 24.3 Å². The predicted molar refractivity (Wildman–Crippen MR) is 55.9 cm³/mol. The van der Waals surface area contributed by atoms with Crippen molar-refractivity contribution in [3.63, 3.8) is 0 Å². The van der Waals surface area contributed by atoms with Crippen molar-refractivity contribution >= 4 is 11.6 Å². The minimum Gasteiger partial charge on any atom is -0.370 e. The van der Waals surface area contributed by atoms with Crippen molar-refractivity contribution in [3.05, 3.63) is 29.8 Å². The second-order valence-electron chi connectivity index (χ2n) is 2.95. The fourth-order valence-corrected chi connectivity index (χ4v) is 1.17. The molecule has 0 saturated carbocycles. The van der Waals surface area contributed by atoms with Crippen LogP contribution in [0.5, 0.6) is 0 Å². The minimum absolute atomic E-state index is 0.100. The van der Waals surface area contributed by atoms with E-state index in [9.17, 15) is 0 Å². The molecule has 1 rings (SSSR count). The van der Waals surface area contributed by atoms with Crippen LogP contribution in [0.2, 0.25) is 0 Å². The Morgan fingerprint density at radius 2 is 1.85 bits per heavy atom. The average Bonchev–Trinajstić information content (AvgIpc) is 2.08. The smallest absolute Gasteiger partial charge is 0.191 e. The third kappa shape index (κ3) is 3.15. The van der Waals surface area contributed by atoms with Crippen molar-refractivity contribution in [2.75, 3.05) is 0 Å². The molecule has 3 nitrogen and oxygen atoms in total. The molecule has 0 amide bonds. The highest BCUT2D eigenvalue weighted by atomic mass is 15.0. The van der Waals surface area contributed by atoms with Crippen LogP contribution < -0.4 is 11.5 Å². The van der Waals surface area contributed by atoms with Gasteiger partial charge < -0.3 is 11.5 Å². The second-order valence-corrected chi connectivity index (χ2v) is 2.95. The number of hydrogen-bond donors (Lipinski definition) is 2. The van der Waals surface area contributed by atoms with Crippen molar-refractivity contribution in [2.24, 2.45) is 16.5 Å². The first kappa shape index (κ1) is 9.58. The highest BCUT2D eigenvalue weighted by Crippen LogP contribution is 2.13. The molecule has 0 saturated heterocycles. The maximum Gasteiger partial charge on any atom is 0.191 e. The van der Waals surface area contributed by atoms with Gasteiger partial charge in [0.1, 0.15) is 0 Å². The van der Waals surface area contributed by atoms with Gasteiger partial charge in [0, 0.05) is 0 Å². The first-order valence-electron chi connectivity index (χ1n) is 4.41. The van der Waals surface area contributed by atoms with Gasteiger partial charge in [0.2, 0.25) is 0 Å². The van der Waals surface area contributed by atoms with Gasteiger partial charge in [-0.05, 0) is 24.1 Å². The molecule has 1 aromatic carbocycles. The summed E-state index contributed by atoms with van der Waals surface area (Å²) in [5.74, 6) is 0.100. The zero-order valence-electron chi connectivity index (χ0n) is 7.83. The topological polar surface area (TPSA) is 64.4 Å². The highest BCUT2D eigenvalue weighted by Gasteiger charge is 1.92. The Balaban J connectivity index is 2.75. The molecule has 0 aliphatic rings. The van der Waals surface area contributed by atoms with Crippen LogP contribution in [0.4, 0.5) is 5.69 Å². The van der Waals surface area contributed by atoms with E-state index in [0.29, 0.717) is 0 Å². The largest absolute Gasteiger partial charge is 0.370 e. The van der Waals surface area contributed by atoms with E-state index in [-0.39, 0.29) is 5.96 Å². The van der Waals surface area contributed by atoms with Gasteiger partial charge in [-0.15, -0.1) is 0 Å². The van der Waals surface area contributed by atoms with Crippen molar-refractivity contribution < 1.29 is 0 Å². The van der Waals surface area contributed by atoms with E-state index < -0.39 is 0 Å². The van der Waals surface area contributed by atoms with Crippen molar-refractivity contribution in [1.29, 1.82) is 0 Å². The lowest BCUT2D eigenvalue weighted by atomic mass is 10.1. The minimum atomic E-state index is 0.100. The molecule has 0 bridgehead atoms. The van der Waals surface area contributed by atoms with E-state index in [1.165, 1.54) is 5.56 Å². The normalized spacial score (nSPS) is 9.62. The Morgan fingerprint density at radius 1 is 1.23 bits per heavy atom. The number of rotatable bonds is 3. The van der Waals surface area contributed by atoms with Crippen LogP contribution in [-0.2, 0) is 6.42 Å². The summed E-state index contributed by atoms with van der Waals surface area (Å²) in [5, 5.41) is 0. The van der Waals surface area contributed by atoms with Gasteiger partial charge in [-0.3, -0.25) is 0 Å². The lowest BCUT2D eigenvalue weighted by Crippen LogP contribution is -2.21. The third-order valence-electron chi connectivity index (χ3n) is 1.73. The van der Waals surface area contributed by atoms with Gasteiger partial charge >= 0.3 is 0 Å². The van der Waals surface area contributed by atoms with Crippen LogP contribution >= 0.6 is 0 Å². The molecule has 70 valence electrons. The van der Waals surface area contributed by atoms with Crippen LogP contribution in [0.1, 0.15) is 18.9 Å². The summed E-state index contributed by atoms with van der Waals surface area (Å²) in [4.78, 5) is 3.93. The zero-order chi connectivity index (χ0) is 9.68. The molecular weight excluding hydrogens is 162 g/mol. The summed E-state index contributed by atoms with van der Waals surface area (Å²) in [5.41, 5.74) is 12.6. The molecule has 0 spiro atoms. The van der Waals surface area contributed by atoms with Crippen molar-refractivity contribution in [3.8, 4) is 0 Å². The van der Waals surface area contributed by atoms with Gasteiger partial charge in [-0.2, -0.15) is 0 Å². The van der Waals surface area contributed by atoms with Crippen LogP contribution in [0.15, 0.2) is 29.3 Å². The van der Waals surface area contributed by atoms with E-state index in [0.717, 1.165) is 18.5 Å². The summed E-state index contributed by atoms with van der Waals surface area (Å²) in [7, 11) is 0. The molecule has 0 fully saturated rings. The molecule has 0 radical (unpaired) electrons. The Morgan fingerprint density at radius 3 is 2.31 bits per heavy atom. The molecule has 0 aliphatic heterocycles. The third-order valence-corrected chi connectivity index (χ3v) is 1.73. The summed E-state index contributed by atoms with van der Waals surface area (Å²) in [6.07, 6.45) is 2.25. The van der Waals surface area contributed by atoms with Crippen LogP contribution in [0, 0.1) is 0 Å². The summed E-state index contributed by atoms with van der Waals surface area (Å²) >= 11 is 0. The molecule has 0 aromatic heterocycles. The highest BCUT2D eigenvalue weighted by molar-refractivity contribution is 5.78. The number of guanidine groups is 1. The number of nitrogens with two attached hydrogens (primary N) is 2. The number of hydrogen-bond acceptors (Lipinski definition) is 1. The van der Waals surface area contributed by atoms with Crippen molar-refractivity contribution in [1.82, 2.24) is 0 Å². The lowest BCUT2D eigenvalue weighted by molar-refractivity contribution is 0.922. The maximum absolute atomic E-state index is 5.25. The molecule has 4 N–H and O–H groups in total. The van der Waals surface area contributed by atoms with Gasteiger partial charge in [-0.1, -0.05) is 25.5 Å². The van der Waals surface area contributed by atoms with Gasteiger partial charge in [0.15, 0.2) is 5.96 Å². The van der Waals surface area contributed by atoms with E-state index >= 15 is 0 Å². The van der Waals surface area contributed by atoms with Crippen molar-refractivity contribution in [2.45, 2.75) is 19.8 Å². The summed E-state index contributed by atoms with van der Waals surface area (Å²) in [6.45, 7) is 2.16. The first-order chi connectivity index (χ1) is 6.22. The lowest BCUT2D eigenvalue weighted by Gasteiger charge is -1.98. The number of aliphatic imine (C=N–C) groups is 1. The monoisotopic (exact) mass is 177 g/mol. The fraction of sp³-hybridized carbons (Fsp3) is 0.300. The second kappa shape index (κ2) is 4.50. The van der Waals surface area contributed by atoms with Crippen LogP contribution in [0.25, 0.3) is 0 Å². The molecule has 13 heavy (non-hydrogen) atoms. The fourth-order valence-electron chi connectivity index (χ4n) is 1.17. The predicted octanol–water partition coefficient (Wildman–Crippen LogP) is 1.54. The Bertz CT molecular complexity index is 284. The average molecular weight is 177 g/mol. The van der Waals surface area contributed by atoms with E-state index in [1.54, 1.807) is 0 Å². The molecular formula is C10H15N3.